The van der Waals surface area contributed by atoms with Gasteiger partial charge in [-0.25, -0.2) is 0 Å². The molecular formula is C15H12N4. The summed E-state index contributed by atoms with van der Waals surface area (Å²) in [5.41, 5.74) is 11.9. The van der Waals surface area contributed by atoms with Crippen LogP contribution in [0.5, 0.6) is 0 Å². The first-order chi connectivity index (χ1) is 9.33. The molecule has 0 saturated carbocycles. The number of fused-ring (bicyclic) bond motifs is 3. The zero-order valence-electron chi connectivity index (χ0n) is 10.2. The van der Waals surface area contributed by atoms with Gasteiger partial charge in [-0.05, 0) is 28.7 Å². The molecule has 4 nitrogen and oxygen atoms in total. The third-order valence-electron chi connectivity index (χ3n) is 3.61. The molecule has 0 atom stereocenters. The lowest BCUT2D eigenvalue weighted by molar-refractivity contribution is 1.10. The van der Waals surface area contributed by atoms with E-state index in [1.54, 1.807) is 0 Å². The van der Waals surface area contributed by atoms with E-state index in [0.29, 0.717) is 0 Å². The van der Waals surface area contributed by atoms with Gasteiger partial charge in [-0.2, -0.15) is 4.98 Å². The quantitative estimate of drug-likeness (QED) is 0.544. The molecule has 1 aliphatic rings. The largest absolute Gasteiger partial charge is 0.366 e. The second kappa shape index (κ2) is 3.68. The molecule has 3 N–H and O–H groups in total. The van der Waals surface area contributed by atoms with Crippen molar-refractivity contribution in [3.63, 3.8) is 0 Å². The zero-order valence-corrected chi connectivity index (χ0v) is 10.2. The molecule has 0 unspecified atom stereocenters. The van der Waals surface area contributed by atoms with Crippen LogP contribution in [0.15, 0.2) is 42.5 Å². The Morgan fingerprint density at radius 3 is 2.58 bits per heavy atom. The number of hydrogen-bond donors (Lipinski definition) is 2. The Labute approximate surface area is 110 Å². The van der Waals surface area contributed by atoms with Gasteiger partial charge in [-0.1, -0.05) is 42.5 Å². The van der Waals surface area contributed by atoms with E-state index < -0.39 is 0 Å². The summed E-state index contributed by atoms with van der Waals surface area (Å²) in [6.45, 7) is 0. The van der Waals surface area contributed by atoms with Crippen LogP contribution in [0.1, 0.15) is 11.1 Å². The third-order valence-corrected chi connectivity index (χ3v) is 3.61. The summed E-state index contributed by atoms with van der Waals surface area (Å²) in [5.74, 6) is 1.02. The van der Waals surface area contributed by atoms with E-state index in [1.165, 1.54) is 22.3 Å². The first-order valence-corrected chi connectivity index (χ1v) is 6.21. The predicted molar refractivity (Wildman–Crippen MR) is 74.5 cm³/mol. The molecule has 1 aromatic heterocycles. The van der Waals surface area contributed by atoms with E-state index in [0.717, 1.165) is 17.8 Å². The van der Waals surface area contributed by atoms with Crippen LogP contribution in [0.25, 0.3) is 22.5 Å². The number of aromatic amines is 1. The van der Waals surface area contributed by atoms with Crippen molar-refractivity contribution in [1.82, 2.24) is 15.2 Å². The molecule has 0 spiro atoms. The highest BCUT2D eigenvalue weighted by Gasteiger charge is 2.22. The Kier molecular flexibility index (Phi) is 2.00. The molecule has 2 aromatic carbocycles. The van der Waals surface area contributed by atoms with Crippen molar-refractivity contribution >= 4 is 5.95 Å². The Balaban J connectivity index is 1.94. The molecule has 0 amide bonds. The van der Waals surface area contributed by atoms with Gasteiger partial charge in [0.15, 0.2) is 5.82 Å². The highest BCUT2D eigenvalue weighted by molar-refractivity contribution is 5.83. The summed E-state index contributed by atoms with van der Waals surface area (Å²) in [4.78, 5) is 4.23. The summed E-state index contributed by atoms with van der Waals surface area (Å²) in [5, 5.41) is 6.80. The molecule has 0 aliphatic heterocycles. The molecular weight excluding hydrogens is 236 g/mol. The molecule has 1 heterocycles. The topological polar surface area (TPSA) is 67.6 Å². The van der Waals surface area contributed by atoms with E-state index in [9.17, 15) is 0 Å². The minimum Gasteiger partial charge on any atom is -0.366 e. The molecule has 19 heavy (non-hydrogen) atoms. The fourth-order valence-corrected chi connectivity index (χ4v) is 2.77. The minimum absolute atomic E-state index is 0.281. The van der Waals surface area contributed by atoms with Crippen LogP contribution in [0, 0.1) is 0 Å². The maximum atomic E-state index is 5.59. The fraction of sp³-hybridized carbons (Fsp3) is 0.0667. The van der Waals surface area contributed by atoms with E-state index in [4.69, 9.17) is 5.73 Å². The standard InChI is InChI=1S/C15H12N4/c16-15-17-14(18-19-15)12-7-3-6-11-10-5-2-1-4-9(10)8-13(11)12/h1-7H,8H2,(H3,16,17,18,19). The van der Waals surface area contributed by atoms with Gasteiger partial charge in [0.1, 0.15) is 0 Å². The Morgan fingerprint density at radius 2 is 1.74 bits per heavy atom. The number of H-pyrrole nitrogens is 1. The van der Waals surface area contributed by atoms with Gasteiger partial charge < -0.3 is 5.73 Å². The van der Waals surface area contributed by atoms with Crippen molar-refractivity contribution < 1.29 is 0 Å². The number of aromatic nitrogens is 3. The first-order valence-electron chi connectivity index (χ1n) is 6.21. The van der Waals surface area contributed by atoms with Gasteiger partial charge in [0.2, 0.25) is 5.95 Å². The van der Waals surface area contributed by atoms with Gasteiger partial charge in [0, 0.05) is 5.56 Å². The summed E-state index contributed by atoms with van der Waals surface area (Å²) in [6.07, 6.45) is 0.933. The number of nitrogen functional groups attached to an aromatic ring is 1. The predicted octanol–water partition coefficient (Wildman–Crippen LogP) is 2.63. The van der Waals surface area contributed by atoms with Crippen molar-refractivity contribution in [2.45, 2.75) is 6.42 Å². The van der Waals surface area contributed by atoms with E-state index in [2.05, 4.69) is 57.6 Å². The highest BCUT2D eigenvalue weighted by Crippen LogP contribution is 2.40. The molecule has 4 heteroatoms. The average molecular weight is 248 g/mol. The van der Waals surface area contributed by atoms with Crippen LogP contribution in [-0.2, 0) is 6.42 Å². The van der Waals surface area contributed by atoms with Crippen LogP contribution in [-0.4, -0.2) is 15.2 Å². The normalized spacial score (nSPS) is 12.2. The van der Waals surface area contributed by atoms with Crippen LogP contribution in [0.4, 0.5) is 5.95 Å². The smallest absolute Gasteiger partial charge is 0.239 e. The Hall–Kier alpha value is -2.62. The maximum Gasteiger partial charge on any atom is 0.239 e. The highest BCUT2D eigenvalue weighted by atomic mass is 15.3. The number of rotatable bonds is 1. The van der Waals surface area contributed by atoms with Crippen molar-refractivity contribution in [3.05, 3.63) is 53.6 Å². The van der Waals surface area contributed by atoms with E-state index in [1.807, 2.05) is 0 Å². The summed E-state index contributed by atoms with van der Waals surface area (Å²) in [7, 11) is 0. The average Bonchev–Trinajstić information content (AvgIpc) is 3.02. The Morgan fingerprint density at radius 1 is 0.947 bits per heavy atom. The first kappa shape index (κ1) is 10.3. The molecule has 0 fully saturated rings. The van der Waals surface area contributed by atoms with Gasteiger partial charge in [0.05, 0.1) is 0 Å². The van der Waals surface area contributed by atoms with E-state index >= 15 is 0 Å². The van der Waals surface area contributed by atoms with Crippen LogP contribution >= 0.6 is 0 Å². The number of nitrogens with two attached hydrogens (primary N) is 1. The second-order valence-electron chi connectivity index (χ2n) is 4.71. The van der Waals surface area contributed by atoms with E-state index in [-0.39, 0.29) is 5.95 Å². The number of anilines is 1. The van der Waals surface area contributed by atoms with Crippen molar-refractivity contribution in [2.75, 3.05) is 5.73 Å². The molecule has 92 valence electrons. The van der Waals surface area contributed by atoms with Crippen molar-refractivity contribution in [3.8, 4) is 22.5 Å². The van der Waals surface area contributed by atoms with Crippen LogP contribution in [0.2, 0.25) is 0 Å². The summed E-state index contributed by atoms with van der Waals surface area (Å²) >= 11 is 0. The molecule has 0 radical (unpaired) electrons. The molecule has 3 aromatic rings. The van der Waals surface area contributed by atoms with Crippen LogP contribution in [0.3, 0.4) is 0 Å². The summed E-state index contributed by atoms with van der Waals surface area (Å²) in [6, 6.07) is 14.8. The number of nitrogens with zero attached hydrogens (tertiary/aromatic N) is 2. The fourth-order valence-electron chi connectivity index (χ4n) is 2.77. The van der Waals surface area contributed by atoms with Gasteiger partial charge >= 0.3 is 0 Å². The monoisotopic (exact) mass is 248 g/mol. The number of nitrogens with one attached hydrogen (secondary N) is 1. The number of benzene rings is 2. The SMILES string of the molecule is Nc1n[nH]c(-c2cccc3c2Cc2ccccc2-3)n1. The zero-order chi connectivity index (χ0) is 12.8. The second-order valence-corrected chi connectivity index (χ2v) is 4.71. The minimum atomic E-state index is 0.281. The molecule has 1 aliphatic carbocycles. The van der Waals surface area contributed by atoms with Gasteiger partial charge in [0.25, 0.3) is 0 Å². The lowest BCUT2D eigenvalue weighted by Crippen LogP contribution is -1.90. The summed E-state index contributed by atoms with van der Waals surface area (Å²) < 4.78 is 0. The molecule has 0 bridgehead atoms. The van der Waals surface area contributed by atoms with Crippen molar-refractivity contribution in [2.24, 2.45) is 0 Å². The molecule has 4 rings (SSSR count). The third kappa shape index (κ3) is 1.46. The van der Waals surface area contributed by atoms with Crippen LogP contribution < -0.4 is 5.73 Å². The lowest BCUT2D eigenvalue weighted by atomic mass is 10.0. The number of hydrogen-bond acceptors (Lipinski definition) is 3. The maximum absolute atomic E-state index is 5.59. The van der Waals surface area contributed by atoms with Crippen molar-refractivity contribution in [1.29, 1.82) is 0 Å². The molecule has 0 saturated heterocycles. The van der Waals surface area contributed by atoms with Gasteiger partial charge in [-0.3, -0.25) is 5.10 Å². The van der Waals surface area contributed by atoms with Gasteiger partial charge in [-0.15, -0.1) is 5.10 Å². The lowest BCUT2D eigenvalue weighted by Gasteiger charge is -2.05. The Bertz CT molecular complexity index is 773.